The standard InChI is InChI=1S/C18H35NO7/c1-6-7-16(20)25-15-14-24-13-12-23-11-10-22-9-8-19(5)17(21)26-18(2,3)4/h6-15H2,1-5H3. The van der Waals surface area contributed by atoms with Gasteiger partial charge < -0.3 is 28.6 Å². The lowest BCUT2D eigenvalue weighted by atomic mass is 10.2. The van der Waals surface area contributed by atoms with E-state index in [1.807, 2.05) is 27.7 Å². The van der Waals surface area contributed by atoms with Crippen LogP contribution in [0.15, 0.2) is 0 Å². The Bertz CT molecular complexity index is 382. The number of amides is 1. The maximum Gasteiger partial charge on any atom is 0.410 e. The molecule has 0 atom stereocenters. The summed E-state index contributed by atoms with van der Waals surface area (Å²) in [6.07, 6.45) is 0.860. The maximum absolute atomic E-state index is 11.7. The largest absolute Gasteiger partial charge is 0.463 e. The number of rotatable bonds is 14. The van der Waals surface area contributed by atoms with Crippen molar-refractivity contribution in [2.75, 3.05) is 59.8 Å². The number of ether oxygens (including phenoxy) is 5. The lowest BCUT2D eigenvalue weighted by Crippen LogP contribution is -2.36. The number of likely N-dealkylation sites (N-methyl/N-ethyl adjacent to an activating group) is 1. The van der Waals surface area contributed by atoms with Crippen LogP contribution in [0, 0.1) is 0 Å². The second kappa shape index (κ2) is 14.8. The van der Waals surface area contributed by atoms with Crippen LogP contribution in [-0.2, 0) is 28.5 Å². The molecule has 8 nitrogen and oxygen atoms in total. The number of nitrogens with zero attached hydrogens (tertiary/aromatic N) is 1. The van der Waals surface area contributed by atoms with Gasteiger partial charge in [-0.25, -0.2) is 4.79 Å². The Morgan fingerprint density at radius 3 is 1.85 bits per heavy atom. The molecule has 0 unspecified atom stereocenters. The maximum atomic E-state index is 11.7. The van der Waals surface area contributed by atoms with Gasteiger partial charge in [0.1, 0.15) is 12.2 Å². The zero-order valence-electron chi connectivity index (χ0n) is 16.9. The van der Waals surface area contributed by atoms with Gasteiger partial charge in [0.25, 0.3) is 0 Å². The number of hydrogen-bond acceptors (Lipinski definition) is 7. The summed E-state index contributed by atoms with van der Waals surface area (Å²) in [6, 6.07) is 0. The fraction of sp³-hybridized carbons (Fsp3) is 0.889. The molecule has 0 saturated heterocycles. The van der Waals surface area contributed by atoms with Crippen LogP contribution < -0.4 is 0 Å². The minimum atomic E-state index is -0.501. The molecule has 0 aliphatic rings. The van der Waals surface area contributed by atoms with Crippen LogP contribution in [0.5, 0.6) is 0 Å². The molecular weight excluding hydrogens is 342 g/mol. The van der Waals surface area contributed by atoms with Crippen molar-refractivity contribution in [1.82, 2.24) is 4.90 Å². The molecule has 0 spiro atoms. The Morgan fingerprint density at radius 1 is 0.846 bits per heavy atom. The van der Waals surface area contributed by atoms with Gasteiger partial charge in [-0.2, -0.15) is 0 Å². The van der Waals surface area contributed by atoms with Crippen LogP contribution in [-0.4, -0.2) is 82.4 Å². The van der Waals surface area contributed by atoms with Crippen molar-refractivity contribution >= 4 is 12.1 Å². The van der Waals surface area contributed by atoms with Gasteiger partial charge in [-0.1, -0.05) is 6.92 Å². The first-order valence-corrected chi connectivity index (χ1v) is 9.09. The van der Waals surface area contributed by atoms with Crippen molar-refractivity contribution < 1.29 is 33.3 Å². The van der Waals surface area contributed by atoms with Gasteiger partial charge in [-0.3, -0.25) is 4.79 Å². The molecule has 0 fully saturated rings. The van der Waals surface area contributed by atoms with Crippen LogP contribution in [0.4, 0.5) is 4.79 Å². The van der Waals surface area contributed by atoms with Gasteiger partial charge in [0, 0.05) is 20.0 Å². The van der Waals surface area contributed by atoms with E-state index in [0.717, 1.165) is 6.42 Å². The Labute approximate surface area is 157 Å². The Hall–Kier alpha value is -1.38. The third-order valence-electron chi connectivity index (χ3n) is 2.97. The zero-order valence-corrected chi connectivity index (χ0v) is 16.9. The van der Waals surface area contributed by atoms with Crippen LogP contribution in [0.1, 0.15) is 40.5 Å². The average molecular weight is 377 g/mol. The van der Waals surface area contributed by atoms with Crippen molar-refractivity contribution in [3.8, 4) is 0 Å². The second-order valence-corrected chi connectivity index (χ2v) is 6.71. The van der Waals surface area contributed by atoms with E-state index in [-0.39, 0.29) is 18.7 Å². The second-order valence-electron chi connectivity index (χ2n) is 6.71. The van der Waals surface area contributed by atoms with Gasteiger partial charge in [-0.15, -0.1) is 0 Å². The number of esters is 1. The third-order valence-corrected chi connectivity index (χ3v) is 2.97. The van der Waals surface area contributed by atoms with Crippen LogP contribution in [0.2, 0.25) is 0 Å². The minimum Gasteiger partial charge on any atom is -0.463 e. The highest BCUT2D eigenvalue weighted by Crippen LogP contribution is 2.08. The normalized spacial score (nSPS) is 11.3. The van der Waals surface area contributed by atoms with Gasteiger partial charge in [-0.05, 0) is 27.2 Å². The number of hydrogen-bond donors (Lipinski definition) is 0. The smallest absolute Gasteiger partial charge is 0.410 e. The molecule has 1 amide bonds. The molecule has 0 heterocycles. The summed E-state index contributed by atoms with van der Waals surface area (Å²) >= 11 is 0. The first-order chi connectivity index (χ1) is 12.3. The quantitative estimate of drug-likeness (QED) is 0.339. The predicted octanol–water partition coefficient (Wildman–Crippen LogP) is 2.25. The van der Waals surface area contributed by atoms with E-state index in [1.54, 1.807) is 7.05 Å². The summed E-state index contributed by atoms with van der Waals surface area (Å²) in [4.78, 5) is 24.3. The van der Waals surface area contributed by atoms with E-state index < -0.39 is 5.60 Å². The molecule has 0 saturated carbocycles. The Morgan fingerprint density at radius 2 is 1.35 bits per heavy atom. The van der Waals surface area contributed by atoms with Crippen molar-refractivity contribution in [3.63, 3.8) is 0 Å². The van der Waals surface area contributed by atoms with Crippen LogP contribution in [0.25, 0.3) is 0 Å². The van der Waals surface area contributed by atoms with E-state index >= 15 is 0 Å². The summed E-state index contributed by atoms with van der Waals surface area (Å²) in [5, 5.41) is 0. The molecule has 0 aliphatic heterocycles. The lowest BCUT2D eigenvalue weighted by molar-refractivity contribution is -0.145. The Balaban J connectivity index is 3.36. The molecule has 0 N–H and O–H groups in total. The topological polar surface area (TPSA) is 83.5 Å². The third kappa shape index (κ3) is 16.1. The van der Waals surface area contributed by atoms with Gasteiger partial charge in [0.05, 0.1) is 39.6 Å². The van der Waals surface area contributed by atoms with E-state index in [9.17, 15) is 9.59 Å². The summed E-state index contributed by atoms with van der Waals surface area (Å²) < 4.78 is 26.2. The van der Waals surface area contributed by atoms with Crippen molar-refractivity contribution in [2.45, 2.75) is 46.1 Å². The highest BCUT2D eigenvalue weighted by molar-refractivity contribution is 5.69. The highest BCUT2D eigenvalue weighted by atomic mass is 16.6. The van der Waals surface area contributed by atoms with Gasteiger partial charge in [0.2, 0.25) is 0 Å². The Kier molecular flexibility index (Phi) is 14.0. The zero-order chi connectivity index (χ0) is 19.8. The molecule has 0 radical (unpaired) electrons. The molecule has 0 bridgehead atoms. The number of carbonyl (C=O) groups is 2. The van der Waals surface area contributed by atoms with E-state index in [1.165, 1.54) is 4.90 Å². The minimum absolute atomic E-state index is 0.193. The molecule has 0 rings (SSSR count). The van der Waals surface area contributed by atoms with Crippen LogP contribution >= 0.6 is 0 Å². The van der Waals surface area contributed by atoms with Crippen molar-refractivity contribution in [3.05, 3.63) is 0 Å². The van der Waals surface area contributed by atoms with E-state index in [2.05, 4.69) is 0 Å². The van der Waals surface area contributed by atoms with Crippen molar-refractivity contribution in [1.29, 1.82) is 0 Å². The van der Waals surface area contributed by atoms with E-state index in [0.29, 0.717) is 52.6 Å². The van der Waals surface area contributed by atoms with Gasteiger partial charge >= 0.3 is 12.1 Å². The fourth-order valence-corrected chi connectivity index (χ4v) is 1.67. The first-order valence-electron chi connectivity index (χ1n) is 9.09. The SMILES string of the molecule is CCCC(=O)OCCOCCOCCOCCN(C)C(=O)OC(C)(C)C. The van der Waals surface area contributed by atoms with E-state index in [4.69, 9.17) is 23.7 Å². The molecular formula is C18H35NO7. The number of carbonyl (C=O) groups excluding carboxylic acids is 2. The highest BCUT2D eigenvalue weighted by Gasteiger charge is 2.19. The molecule has 0 aromatic carbocycles. The molecule has 26 heavy (non-hydrogen) atoms. The monoisotopic (exact) mass is 377 g/mol. The molecule has 0 aliphatic carbocycles. The predicted molar refractivity (Wildman–Crippen MR) is 97.2 cm³/mol. The summed E-state index contributed by atoms with van der Waals surface area (Å²) in [7, 11) is 1.67. The molecule has 0 aromatic rings. The summed E-state index contributed by atoms with van der Waals surface area (Å²) in [5.74, 6) is -0.193. The summed E-state index contributed by atoms with van der Waals surface area (Å²) in [5.41, 5.74) is -0.501. The molecule has 154 valence electrons. The van der Waals surface area contributed by atoms with Crippen LogP contribution in [0.3, 0.4) is 0 Å². The fourth-order valence-electron chi connectivity index (χ4n) is 1.67. The molecule has 0 aromatic heterocycles. The summed E-state index contributed by atoms with van der Waals surface area (Å²) in [6.45, 7) is 10.7. The van der Waals surface area contributed by atoms with Crippen molar-refractivity contribution in [2.24, 2.45) is 0 Å². The lowest BCUT2D eigenvalue weighted by Gasteiger charge is -2.24. The molecule has 8 heteroatoms. The average Bonchev–Trinajstić information content (AvgIpc) is 2.54. The van der Waals surface area contributed by atoms with Gasteiger partial charge in [0.15, 0.2) is 0 Å². The first kappa shape index (κ1) is 24.6.